The highest BCUT2D eigenvalue weighted by molar-refractivity contribution is 7.98. The predicted octanol–water partition coefficient (Wildman–Crippen LogP) is -0.238. The number of carbonyl (C=O) groups excluding carboxylic acids is 9. The summed E-state index contributed by atoms with van der Waals surface area (Å²) < 4.78 is 0. The first-order chi connectivity index (χ1) is 37.2. The van der Waals surface area contributed by atoms with Gasteiger partial charge in [0.05, 0.1) is 19.4 Å². The molecule has 0 spiro atoms. The van der Waals surface area contributed by atoms with E-state index < -0.39 is 127 Å². The lowest BCUT2D eigenvalue weighted by molar-refractivity contribution is -0.141. The first-order valence-electron chi connectivity index (χ1n) is 24.7. The van der Waals surface area contributed by atoms with Gasteiger partial charge >= 0.3 is 11.9 Å². The minimum atomic E-state index is -1.73. The predicted molar refractivity (Wildman–Crippen MR) is 290 cm³/mol. The molecular formula is C52H66N10O14S2. The topological polar surface area (TPSA) is 387 Å². The number of thioether (sulfide) groups is 2. The van der Waals surface area contributed by atoms with Gasteiger partial charge in [-0.25, -0.2) is 0 Å². The summed E-state index contributed by atoms with van der Waals surface area (Å²) in [5.41, 5.74) is 7.95. The third-order valence-corrected chi connectivity index (χ3v) is 13.3. The Morgan fingerprint density at radius 1 is 0.526 bits per heavy atom. The van der Waals surface area contributed by atoms with Crippen molar-refractivity contribution in [2.24, 2.45) is 5.73 Å². The number of hydrogen-bond donors (Lipinski definition) is 13. The minimum Gasteiger partial charge on any atom is -0.508 e. The van der Waals surface area contributed by atoms with Crippen molar-refractivity contribution in [3.05, 3.63) is 102 Å². The number of para-hydroxylation sites is 1. The van der Waals surface area contributed by atoms with Gasteiger partial charge < -0.3 is 68.6 Å². The highest BCUT2D eigenvalue weighted by Gasteiger charge is 2.34. The molecular weight excluding hydrogens is 1050 g/mol. The van der Waals surface area contributed by atoms with Gasteiger partial charge in [-0.2, -0.15) is 23.5 Å². The van der Waals surface area contributed by atoms with Crippen LogP contribution in [0.5, 0.6) is 5.75 Å². The Kier molecular flexibility index (Phi) is 25.4. The molecule has 0 saturated carbocycles. The minimum absolute atomic E-state index is 0.0217. The van der Waals surface area contributed by atoms with E-state index in [2.05, 4.69) is 47.5 Å². The Hall–Kier alpha value is -8.13. The lowest BCUT2D eigenvalue weighted by atomic mass is 10.0. The fourth-order valence-corrected chi connectivity index (χ4v) is 8.79. The van der Waals surface area contributed by atoms with E-state index in [9.17, 15) is 68.1 Å². The Balaban J connectivity index is 1.55. The summed E-state index contributed by atoms with van der Waals surface area (Å²) >= 11 is 2.65. The van der Waals surface area contributed by atoms with Crippen LogP contribution >= 0.6 is 23.5 Å². The average molecular weight is 1120 g/mol. The van der Waals surface area contributed by atoms with E-state index in [0.717, 1.165) is 0 Å². The monoisotopic (exact) mass is 1120 g/mol. The smallest absolute Gasteiger partial charge is 0.305 e. The number of benzene rings is 3. The number of rotatable bonds is 33. The molecule has 1 heterocycles. The molecule has 14 N–H and O–H groups in total. The second-order valence-electron chi connectivity index (χ2n) is 17.9. The van der Waals surface area contributed by atoms with Crippen LogP contribution < -0.4 is 48.3 Å². The fourth-order valence-electron chi connectivity index (χ4n) is 7.85. The number of primary amides is 1. The van der Waals surface area contributed by atoms with Crippen LogP contribution in [0, 0.1) is 0 Å². The molecule has 78 heavy (non-hydrogen) atoms. The number of carboxylic acid groups (broad SMARTS) is 2. The SMILES string of the molecule is CCC(=O)N[C@@H](CC(=O)O)C(=O)N[C@@H](Cc1ccc(O)cc1)C(=O)N[C@@H](CCSC)C(=O)NCC(=O)NC(Cc1c[nH]c2ccccc12)C(=O)N[C@@H](CCSC)C(=O)N[C@@H](CC(=O)O)C(=O)N[C@@H](Cc1ccccc1)C(N)=O. The maximum Gasteiger partial charge on any atom is 0.305 e. The van der Waals surface area contributed by atoms with Gasteiger partial charge in [0.15, 0.2) is 0 Å². The number of fused-ring (bicyclic) bond motifs is 1. The van der Waals surface area contributed by atoms with Crippen LogP contribution in [0.25, 0.3) is 10.9 Å². The van der Waals surface area contributed by atoms with E-state index in [1.165, 1.54) is 54.7 Å². The van der Waals surface area contributed by atoms with Gasteiger partial charge in [0.25, 0.3) is 0 Å². The molecule has 420 valence electrons. The Morgan fingerprint density at radius 3 is 1.54 bits per heavy atom. The van der Waals surface area contributed by atoms with Crippen molar-refractivity contribution in [2.45, 2.75) is 101 Å². The van der Waals surface area contributed by atoms with Gasteiger partial charge in [-0.3, -0.25) is 52.7 Å². The standard InChI is InChI=1S/C52H66N10O14S2/c1-4-42(64)56-40(25-44(66)67)51(75)61-38(23-30-14-16-32(63)17-15-30)49(73)58-35(18-20-77-2)47(71)55-28-43(65)57-39(24-31-27-54-34-13-9-8-12-33(31)34)50(74)59-36(19-21-78-3)48(72)62-41(26-45(68)69)52(76)60-37(46(53)70)22-29-10-6-5-7-11-29/h5-17,27,35-41,54,63H,4,18-26,28H2,1-3H3,(H2,53,70)(H,55,71)(H,56,64)(H,57,65)(H,58,73)(H,59,74)(H,60,76)(H,61,75)(H,62,72)(H,66,67)(H,68,69)/t35-,36-,37-,38-,39?,40-,41-/m0/s1. The van der Waals surface area contributed by atoms with Crippen LogP contribution in [-0.4, -0.2) is 158 Å². The summed E-state index contributed by atoms with van der Waals surface area (Å²) in [6.07, 6.45) is 2.95. The van der Waals surface area contributed by atoms with Crippen molar-refractivity contribution in [2.75, 3.05) is 30.6 Å². The third-order valence-electron chi connectivity index (χ3n) is 12.0. The van der Waals surface area contributed by atoms with Crippen LogP contribution in [-0.2, 0) is 72.0 Å². The maximum absolute atomic E-state index is 14.4. The number of phenols is 1. The molecule has 3 aromatic carbocycles. The largest absolute Gasteiger partial charge is 0.508 e. The number of aromatic hydroxyl groups is 1. The van der Waals surface area contributed by atoms with Crippen LogP contribution in [0.4, 0.5) is 0 Å². The highest BCUT2D eigenvalue weighted by atomic mass is 32.2. The molecule has 0 bridgehead atoms. The quantitative estimate of drug-likeness (QED) is 0.0293. The van der Waals surface area contributed by atoms with Gasteiger partial charge in [-0.1, -0.05) is 67.6 Å². The van der Waals surface area contributed by atoms with Gasteiger partial charge in [0.1, 0.15) is 48.0 Å². The molecule has 0 radical (unpaired) electrons. The number of aliphatic carboxylic acids is 2. The molecule has 7 atom stereocenters. The zero-order chi connectivity index (χ0) is 57.3. The van der Waals surface area contributed by atoms with Crippen molar-refractivity contribution in [1.82, 2.24) is 47.5 Å². The third kappa shape index (κ3) is 20.8. The Labute approximate surface area is 457 Å². The summed E-state index contributed by atoms with van der Waals surface area (Å²) in [5, 5.41) is 49.7. The Bertz CT molecular complexity index is 2750. The van der Waals surface area contributed by atoms with Gasteiger partial charge in [-0.05, 0) is 71.7 Å². The van der Waals surface area contributed by atoms with Crippen molar-refractivity contribution in [3.8, 4) is 5.75 Å². The lowest BCUT2D eigenvalue weighted by Crippen LogP contribution is -2.59. The second-order valence-corrected chi connectivity index (χ2v) is 19.9. The molecule has 1 unspecified atom stereocenters. The summed E-state index contributed by atoms with van der Waals surface area (Å²) in [6.45, 7) is 0.764. The Morgan fingerprint density at radius 2 is 0.974 bits per heavy atom. The molecule has 0 fully saturated rings. The van der Waals surface area contributed by atoms with Crippen molar-refractivity contribution >= 4 is 99.5 Å². The number of hydrogen-bond acceptors (Lipinski definition) is 14. The molecule has 4 rings (SSSR count). The van der Waals surface area contributed by atoms with Crippen LogP contribution in [0.2, 0.25) is 0 Å². The molecule has 0 aliphatic carbocycles. The van der Waals surface area contributed by atoms with Crippen LogP contribution in [0.15, 0.2) is 85.1 Å². The van der Waals surface area contributed by atoms with Crippen molar-refractivity contribution in [3.63, 3.8) is 0 Å². The van der Waals surface area contributed by atoms with E-state index in [1.807, 2.05) is 0 Å². The maximum atomic E-state index is 14.4. The number of H-pyrrole nitrogens is 1. The molecule has 1 aromatic heterocycles. The van der Waals surface area contributed by atoms with Crippen molar-refractivity contribution < 1.29 is 68.1 Å². The summed E-state index contributed by atoms with van der Waals surface area (Å²) in [5.74, 6) is -10.3. The average Bonchev–Trinajstić information content (AvgIpc) is 3.82. The van der Waals surface area contributed by atoms with E-state index in [-0.39, 0.29) is 44.3 Å². The van der Waals surface area contributed by atoms with Gasteiger partial charge in [0, 0.05) is 42.8 Å². The first kappa shape index (κ1) is 62.4. The van der Waals surface area contributed by atoms with Gasteiger partial charge in [-0.15, -0.1) is 0 Å². The van der Waals surface area contributed by atoms with Crippen LogP contribution in [0.1, 0.15) is 55.7 Å². The highest BCUT2D eigenvalue weighted by Crippen LogP contribution is 2.20. The zero-order valence-corrected chi connectivity index (χ0v) is 44.8. The summed E-state index contributed by atoms with van der Waals surface area (Å²) in [7, 11) is 0. The summed E-state index contributed by atoms with van der Waals surface area (Å²) in [6, 6.07) is 11.2. The van der Waals surface area contributed by atoms with E-state index in [0.29, 0.717) is 39.1 Å². The van der Waals surface area contributed by atoms with E-state index in [4.69, 9.17) is 5.73 Å². The number of carbonyl (C=O) groups is 11. The molecule has 24 nitrogen and oxygen atoms in total. The number of phenolic OH excluding ortho intramolecular Hbond substituents is 1. The fraction of sp³-hybridized carbons (Fsp3) is 0.404. The van der Waals surface area contributed by atoms with Crippen LogP contribution in [0.3, 0.4) is 0 Å². The van der Waals surface area contributed by atoms with Gasteiger partial charge in [0.2, 0.25) is 53.2 Å². The first-order valence-corrected chi connectivity index (χ1v) is 27.5. The number of carboxylic acids is 2. The molecule has 0 aliphatic heterocycles. The molecule has 0 saturated heterocycles. The van der Waals surface area contributed by atoms with Crippen molar-refractivity contribution in [1.29, 1.82) is 0 Å². The number of aromatic amines is 1. The lowest BCUT2D eigenvalue weighted by Gasteiger charge is -2.26. The second kappa shape index (κ2) is 31.8. The molecule has 4 aromatic rings. The molecule has 0 aliphatic rings. The number of nitrogens with one attached hydrogen (secondary N) is 9. The van der Waals surface area contributed by atoms with E-state index >= 15 is 0 Å². The number of aromatic nitrogens is 1. The number of amides is 9. The molecule has 26 heteroatoms. The number of nitrogens with two attached hydrogens (primary N) is 1. The normalized spacial score (nSPS) is 13.6. The van der Waals surface area contributed by atoms with E-state index in [1.54, 1.807) is 73.3 Å². The summed E-state index contributed by atoms with van der Waals surface area (Å²) in [4.78, 5) is 148. The molecule has 9 amide bonds. The zero-order valence-electron chi connectivity index (χ0n) is 43.1.